The van der Waals surface area contributed by atoms with Gasteiger partial charge in [0.1, 0.15) is 6.10 Å². The summed E-state index contributed by atoms with van der Waals surface area (Å²) in [4.78, 5) is 13.4. The average Bonchev–Trinajstić information content (AvgIpc) is 2.27. The normalized spacial score (nSPS) is 37.6. The molecular weight excluding hydrogens is 214 g/mol. The maximum Gasteiger partial charge on any atom is 0.302 e. The van der Waals surface area contributed by atoms with Crippen molar-refractivity contribution in [3.63, 3.8) is 0 Å². The molecule has 2 aliphatic rings. The van der Waals surface area contributed by atoms with Gasteiger partial charge in [-0.15, -0.1) is 0 Å². The number of carbonyl (C=O) groups is 1. The third-order valence-corrected chi connectivity index (χ3v) is 4.56. The summed E-state index contributed by atoms with van der Waals surface area (Å²) in [7, 11) is 4.20. The predicted octanol–water partition coefficient (Wildman–Crippen LogP) is 2.45. The Hall–Kier alpha value is -0.570. The van der Waals surface area contributed by atoms with Crippen molar-refractivity contribution in [3.8, 4) is 0 Å². The van der Waals surface area contributed by atoms with Crippen LogP contribution in [0.25, 0.3) is 0 Å². The van der Waals surface area contributed by atoms with Crippen molar-refractivity contribution >= 4 is 5.97 Å². The summed E-state index contributed by atoms with van der Waals surface area (Å²) < 4.78 is 5.53. The highest BCUT2D eigenvalue weighted by molar-refractivity contribution is 5.66. The molecule has 98 valence electrons. The summed E-state index contributed by atoms with van der Waals surface area (Å²) in [6.45, 7) is 1.53. The van der Waals surface area contributed by atoms with Gasteiger partial charge in [0.2, 0.25) is 0 Å². The molecule has 0 aromatic carbocycles. The fourth-order valence-corrected chi connectivity index (χ4v) is 3.71. The first-order valence-electron chi connectivity index (χ1n) is 6.91. The van der Waals surface area contributed by atoms with Gasteiger partial charge in [-0.3, -0.25) is 4.79 Å². The topological polar surface area (TPSA) is 29.5 Å². The number of hydrogen-bond donors (Lipinski definition) is 0. The van der Waals surface area contributed by atoms with E-state index in [1.54, 1.807) is 0 Å². The SMILES string of the molecule is CC(=O)O[C@H]1C[C@@H]2CCCC[C@H]2C[C@@H]1N(C)C. The van der Waals surface area contributed by atoms with E-state index in [9.17, 15) is 4.79 Å². The van der Waals surface area contributed by atoms with E-state index in [0.717, 1.165) is 18.3 Å². The molecule has 0 aromatic heterocycles. The highest BCUT2D eigenvalue weighted by atomic mass is 16.5. The van der Waals surface area contributed by atoms with Gasteiger partial charge in [-0.1, -0.05) is 25.7 Å². The third-order valence-electron chi connectivity index (χ3n) is 4.56. The second kappa shape index (κ2) is 5.38. The van der Waals surface area contributed by atoms with E-state index in [1.165, 1.54) is 39.0 Å². The summed E-state index contributed by atoms with van der Waals surface area (Å²) in [6.07, 6.45) is 7.86. The van der Waals surface area contributed by atoms with Crippen LogP contribution in [-0.4, -0.2) is 37.1 Å². The zero-order chi connectivity index (χ0) is 12.4. The van der Waals surface area contributed by atoms with E-state index in [0.29, 0.717) is 6.04 Å². The summed E-state index contributed by atoms with van der Waals surface area (Å²) in [6, 6.07) is 0.415. The molecular formula is C14H25NO2. The standard InChI is InChI=1S/C14H25NO2/c1-10(16)17-14-9-12-7-5-4-6-11(12)8-13(14)15(2)3/h11-14H,4-9H2,1-3H3/t11-,12-,13-,14-/m0/s1. The van der Waals surface area contributed by atoms with Gasteiger partial charge in [-0.2, -0.15) is 0 Å². The average molecular weight is 239 g/mol. The largest absolute Gasteiger partial charge is 0.461 e. The fourth-order valence-electron chi connectivity index (χ4n) is 3.71. The van der Waals surface area contributed by atoms with Gasteiger partial charge >= 0.3 is 5.97 Å². The number of likely N-dealkylation sites (N-methyl/N-ethyl adjacent to an activating group) is 1. The summed E-state index contributed by atoms with van der Waals surface area (Å²) >= 11 is 0. The Morgan fingerprint density at radius 3 is 2.24 bits per heavy atom. The van der Waals surface area contributed by atoms with Crippen molar-refractivity contribution < 1.29 is 9.53 Å². The quantitative estimate of drug-likeness (QED) is 0.693. The summed E-state index contributed by atoms with van der Waals surface area (Å²) in [5, 5.41) is 0. The maximum atomic E-state index is 11.2. The smallest absolute Gasteiger partial charge is 0.302 e. The van der Waals surface area contributed by atoms with Crippen molar-refractivity contribution in [2.75, 3.05) is 14.1 Å². The van der Waals surface area contributed by atoms with E-state index < -0.39 is 0 Å². The highest BCUT2D eigenvalue weighted by Gasteiger charge is 2.40. The van der Waals surface area contributed by atoms with Crippen LogP contribution in [0.15, 0.2) is 0 Å². The molecule has 0 spiro atoms. The van der Waals surface area contributed by atoms with Gasteiger partial charge in [0.25, 0.3) is 0 Å². The number of esters is 1. The predicted molar refractivity (Wildman–Crippen MR) is 67.7 cm³/mol. The fraction of sp³-hybridized carbons (Fsp3) is 0.929. The highest BCUT2D eigenvalue weighted by Crippen LogP contribution is 2.42. The van der Waals surface area contributed by atoms with Crippen LogP contribution in [0.4, 0.5) is 0 Å². The Morgan fingerprint density at radius 1 is 1.12 bits per heavy atom. The Morgan fingerprint density at radius 2 is 1.71 bits per heavy atom. The molecule has 3 nitrogen and oxygen atoms in total. The van der Waals surface area contributed by atoms with Crippen LogP contribution in [0, 0.1) is 11.8 Å². The molecule has 0 aliphatic heterocycles. The van der Waals surface area contributed by atoms with Crippen LogP contribution in [-0.2, 0) is 9.53 Å². The molecule has 17 heavy (non-hydrogen) atoms. The van der Waals surface area contributed by atoms with E-state index in [-0.39, 0.29) is 12.1 Å². The molecule has 2 aliphatic carbocycles. The molecule has 2 rings (SSSR count). The number of rotatable bonds is 2. The van der Waals surface area contributed by atoms with Crippen LogP contribution in [0.2, 0.25) is 0 Å². The van der Waals surface area contributed by atoms with Crippen molar-refractivity contribution in [3.05, 3.63) is 0 Å². The Labute approximate surface area is 105 Å². The van der Waals surface area contributed by atoms with Crippen molar-refractivity contribution in [1.29, 1.82) is 0 Å². The van der Waals surface area contributed by atoms with Crippen molar-refractivity contribution in [2.45, 2.75) is 57.6 Å². The van der Waals surface area contributed by atoms with Gasteiger partial charge in [-0.25, -0.2) is 0 Å². The van der Waals surface area contributed by atoms with Gasteiger partial charge in [0.05, 0.1) is 0 Å². The zero-order valence-electron chi connectivity index (χ0n) is 11.3. The Kier molecular flexibility index (Phi) is 4.08. The molecule has 0 unspecified atom stereocenters. The lowest BCUT2D eigenvalue weighted by molar-refractivity contribution is -0.154. The minimum atomic E-state index is -0.129. The van der Waals surface area contributed by atoms with E-state index in [1.807, 2.05) is 0 Å². The molecule has 0 amide bonds. The molecule has 0 bridgehead atoms. The zero-order valence-corrected chi connectivity index (χ0v) is 11.3. The first-order chi connectivity index (χ1) is 8.08. The van der Waals surface area contributed by atoms with Gasteiger partial charge in [0.15, 0.2) is 0 Å². The minimum Gasteiger partial charge on any atom is -0.461 e. The summed E-state index contributed by atoms with van der Waals surface area (Å²) in [5.41, 5.74) is 0. The lowest BCUT2D eigenvalue weighted by Gasteiger charge is -2.45. The maximum absolute atomic E-state index is 11.2. The second-order valence-electron chi connectivity index (χ2n) is 5.95. The molecule has 2 fully saturated rings. The number of fused-ring (bicyclic) bond motifs is 1. The molecule has 0 saturated heterocycles. The molecule has 0 radical (unpaired) electrons. The number of hydrogen-bond acceptors (Lipinski definition) is 3. The van der Waals surface area contributed by atoms with Crippen LogP contribution in [0.1, 0.15) is 45.4 Å². The van der Waals surface area contributed by atoms with Gasteiger partial charge in [0, 0.05) is 13.0 Å². The van der Waals surface area contributed by atoms with E-state index in [4.69, 9.17) is 4.74 Å². The van der Waals surface area contributed by atoms with Gasteiger partial charge in [-0.05, 0) is 38.8 Å². The van der Waals surface area contributed by atoms with Crippen LogP contribution in [0.5, 0.6) is 0 Å². The second-order valence-corrected chi connectivity index (χ2v) is 5.95. The molecule has 0 heterocycles. The number of nitrogens with zero attached hydrogens (tertiary/aromatic N) is 1. The van der Waals surface area contributed by atoms with Gasteiger partial charge < -0.3 is 9.64 Å². The molecule has 2 saturated carbocycles. The van der Waals surface area contributed by atoms with Crippen molar-refractivity contribution in [2.24, 2.45) is 11.8 Å². The lowest BCUT2D eigenvalue weighted by Crippen LogP contribution is -2.49. The Balaban J connectivity index is 2.04. The minimum absolute atomic E-state index is 0.113. The third kappa shape index (κ3) is 3.01. The van der Waals surface area contributed by atoms with E-state index in [2.05, 4.69) is 19.0 Å². The Bertz CT molecular complexity index is 277. The first-order valence-corrected chi connectivity index (χ1v) is 6.91. The van der Waals surface area contributed by atoms with Crippen LogP contribution in [0.3, 0.4) is 0 Å². The van der Waals surface area contributed by atoms with Crippen LogP contribution < -0.4 is 0 Å². The lowest BCUT2D eigenvalue weighted by atomic mass is 9.68. The molecule has 0 N–H and O–H groups in total. The monoisotopic (exact) mass is 239 g/mol. The number of carbonyl (C=O) groups excluding carboxylic acids is 1. The molecule has 3 heteroatoms. The summed E-state index contributed by atoms with van der Waals surface area (Å²) in [5.74, 6) is 1.53. The van der Waals surface area contributed by atoms with Crippen molar-refractivity contribution in [1.82, 2.24) is 4.90 Å². The first kappa shape index (κ1) is 12.9. The molecule has 4 atom stereocenters. The van der Waals surface area contributed by atoms with Crippen LogP contribution >= 0.6 is 0 Å². The molecule has 0 aromatic rings. The number of ether oxygens (including phenoxy) is 1. The van der Waals surface area contributed by atoms with E-state index >= 15 is 0 Å².